The lowest BCUT2D eigenvalue weighted by Gasteiger charge is -2.16. The minimum atomic E-state index is -1.01. The minimum Gasteiger partial charge on any atom is -0.478 e. The average Bonchev–Trinajstić information content (AvgIpc) is 2.93. The number of rotatable bonds is 4. The van der Waals surface area contributed by atoms with Crippen molar-refractivity contribution in [3.63, 3.8) is 0 Å². The number of nitrogens with zero attached hydrogens (tertiary/aromatic N) is 1. The van der Waals surface area contributed by atoms with E-state index in [1.54, 1.807) is 23.4 Å². The van der Waals surface area contributed by atoms with Gasteiger partial charge in [0.25, 0.3) is 5.91 Å². The number of thiophene rings is 1. The first-order valence-corrected chi connectivity index (χ1v) is 6.78. The molecule has 20 heavy (non-hydrogen) atoms. The molecule has 0 radical (unpaired) electrons. The quantitative estimate of drug-likeness (QED) is 0.879. The predicted molar refractivity (Wildman–Crippen MR) is 80.2 cm³/mol. The highest BCUT2D eigenvalue weighted by molar-refractivity contribution is 7.11. The van der Waals surface area contributed by atoms with Gasteiger partial charge in [-0.05, 0) is 24.3 Å². The molecule has 0 aliphatic carbocycles. The highest BCUT2D eigenvalue weighted by atomic mass is 32.1. The van der Waals surface area contributed by atoms with Crippen LogP contribution in [0.15, 0.2) is 47.9 Å². The molecule has 2 aromatic rings. The topological polar surface area (TPSA) is 57.6 Å². The molecule has 1 heterocycles. The summed E-state index contributed by atoms with van der Waals surface area (Å²) >= 11 is 1.33. The summed E-state index contributed by atoms with van der Waals surface area (Å²) in [4.78, 5) is 25.0. The number of aliphatic carboxylic acids is 1. The molecule has 5 heteroatoms. The van der Waals surface area contributed by atoms with Gasteiger partial charge in [-0.1, -0.05) is 18.2 Å². The van der Waals surface area contributed by atoms with Crippen LogP contribution >= 0.6 is 11.3 Å². The third kappa shape index (κ3) is 3.33. The smallest absolute Gasteiger partial charge is 0.328 e. The van der Waals surface area contributed by atoms with Crippen molar-refractivity contribution in [1.82, 2.24) is 0 Å². The van der Waals surface area contributed by atoms with Crippen LogP contribution in [-0.2, 0) is 4.79 Å². The molecular formula is C15H13NO3S. The highest BCUT2D eigenvalue weighted by Crippen LogP contribution is 2.20. The summed E-state index contributed by atoms with van der Waals surface area (Å²) in [6.45, 7) is 0. The summed E-state index contributed by atoms with van der Waals surface area (Å²) < 4.78 is 0. The van der Waals surface area contributed by atoms with Gasteiger partial charge in [0.15, 0.2) is 0 Å². The van der Waals surface area contributed by atoms with E-state index in [9.17, 15) is 9.59 Å². The van der Waals surface area contributed by atoms with E-state index in [-0.39, 0.29) is 5.91 Å². The van der Waals surface area contributed by atoms with Crippen LogP contribution in [0.3, 0.4) is 0 Å². The molecule has 1 amide bonds. The van der Waals surface area contributed by atoms with Crippen LogP contribution in [-0.4, -0.2) is 24.0 Å². The number of para-hydroxylation sites is 1. The zero-order chi connectivity index (χ0) is 14.5. The van der Waals surface area contributed by atoms with E-state index in [4.69, 9.17) is 5.11 Å². The lowest BCUT2D eigenvalue weighted by Crippen LogP contribution is -2.25. The maximum Gasteiger partial charge on any atom is 0.328 e. The number of amides is 1. The van der Waals surface area contributed by atoms with E-state index in [1.165, 1.54) is 17.4 Å². The Morgan fingerprint density at radius 2 is 1.95 bits per heavy atom. The van der Waals surface area contributed by atoms with E-state index in [0.29, 0.717) is 5.56 Å². The first-order valence-electron chi connectivity index (χ1n) is 5.90. The zero-order valence-corrected chi connectivity index (χ0v) is 11.6. The van der Waals surface area contributed by atoms with Crippen LogP contribution in [0.4, 0.5) is 5.69 Å². The Balaban J connectivity index is 2.16. The molecule has 102 valence electrons. The molecule has 1 N–H and O–H groups in total. The molecule has 0 atom stereocenters. The normalized spacial score (nSPS) is 10.7. The van der Waals surface area contributed by atoms with E-state index in [0.717, 1.165) is 16.6 Å². The molecular weight excluding hydrogens is 274 g/mol. The number of benzene rings is 1. The van der Waals surface area contributed by atoms with Gasteiger partial charge in [0.1, 0.15) is 0 Å². The number of hydrogen-bond donors (Lipinski definition) is 1. The third-order valence-corrected chi connectivity index (χ3v) is 3.60. The van der Waals surface area contributed by atoms with Gasteiger partial charge < -0.3 is 10.0 Å². The summed E-state index contributed by atoms with van der Waals surface area (Å²) in [5.41, 5.74) is 1.36. The van der Waals surface area contributed by atoms with Crippen LogP contribution in [0.25, 0.3) is 6.08 Å². The highest BCUT2D eigenvalue weighted by Gasteiger charge is 2.14. The number of hydrogen-bond acceptors (Lipinski definition) is 3. The van der Waals surface area contributed by atoms with Crippen LogP contribution in [0.2, 0.25) is 0 Å². The standard InChI is InChI=1S/C15H13NO3S/c1-16(12-5-3-2-4-6-12)15(19)11-9-13(20-10-11)7-8-14(17)18/h2-10H,1H3,(H,17,18). The summed E-state index contributed by atoms with van der Waals surface area (Å²) in [5, 5.41) is 10.3. The van der Waals surface area contributed by atoms with Crippen molar-refractivity contribution in [3.05, 3.63) is 58.3 Å². The zero-order valence-electron chi connectivity index (χ0n) is 10.8. The number of carbonyl (C=O) groups is 2. The lowest BCUT2D eigenvalue weighted by atomic mass is 10.2. The number of carboxylic acid groups (broad SMARTS) is 1. The molecule has 2 rings (SSSR count). The van der Waals surface area contributed by atoms with Gasteiger partial charge in [-0.15, -0.1) is 11.3 Å². The van der Waals surface area contributed by atoms with Gasteiger partial charge in [-0.25, -0.2) is 4.79 Å². The molecule has 1 aromatic heterocycles. The SMILES string of the molecule is CN(C(=O)c1csc(C=CC(=O)O)c1)c1ccccc1. The molecule has 0 saturated heterocycles. The largest absolute Gasteiger partial charge is 0.478 e. The lowest BCUT2D eigenvalue weighted by molar-refractivity contribution is -0.131. The van der Waals surface area contributed by atoms with Crippen molar-refractivity contribution in [2.45, 2.75) is 0 Å². The first kappa shape index (κ1) is 14.0. The third-order valence-electron chi connectivity index (χ3n) is 2.70. The summed E-state index contributed by atoms with van der Waals surface area (Å²) in [7, 11) is 1.71. The second-order valence-corrected chi connectivity index (χ2v) is 5.05. The maximum absolute atomic E-state index is 12.3. The van der Waals surface area contributed by atoms with Crippen molar-refractivity contribution in [1.29, 1.82) is 0 Å². The fourth-order valence-corrected chi connectivity index (χ4v) is 2.44. The van der Waals surface area contributed by atoms with Crippen molar-refractivity contribution in [2.75, 3.05) is 11.9 Å². The van der Waals surface area contributed by atoms with Crippen molar-refractivity contribution >= 4 is 35.0 Å². The minimum absolute atomic E-state index is 0.123. The maximum atomic E-state index is 12.3. The molecule has 0 spiro atoms. The predicted octanol–water partition coefficient (Wildman–Crippen LogP) is 3.12. The second-order valence-electron chi connectivity index (χ2n) is 4.11. The number of carbonyl (C=O) groups excluding carboxylic acids is 1. The van der Waals surface area contributed by atoms with E-state index < -0.39 is 5.97 Å². The summed E-state index contributed by atoms with van der Waals surface area (Å²) in [6.07, 6.45) is 2.54. The Morgan fingerprint density at radius 3 is 2.60 bits per heavy atom. The fraction of sp³-hybridized carbons (Fsp3) is 0.0667. The van der Waals surface area contributed by atoms with Gasteiger partial charge in [0.05, 0.1) is 5.56 Å². The van der Waals surface area contributed by atoms with Crippen molar-refractivity contribution in [3.8, 4) is 0 Å². The van der Waals surface area contributed by atoms with Gasteiger partial charge in [0, 0.05) is 29.1 Å². The Hall–Kier alpha value is -2.40. The molecule has 0 unspecified atom stereocenters. The molecule has 0 aliphatic heterocycles. The Morgan fingerprint density at radius 1 is 1.25 bits per heavy atom. The summed E-state index contributed by atoms with van der Waals surface area (Å²) in [6, 6.07) is 11.0. The van der Waals surface area contributed by atoms with E-state index >= 15 is 0 Å². The van der Waals surface area contributed by atoms with Gasteiger partial charge in [0.2, 0.25) is 0 Å². The Bertz CT molecular complexity index is 646. The molecule has 0 bridgehead atoms. The van der Waals surface area contributed by atoms with Crippen LogP contribution in [0.1, 0.15) is 15.2 Å². The number of anilines is 1. The second kappa shape index (κ2) is 6.16. The van der Waals surface area contributed by atoms with Crippen molar-refractivity contribution in [2.24, 2.45) is 0 Å². The first-order chi connectivity index (χ1) is 9.58. The molecule has 0 fully saturated rings. The van der Waals surface area contributed by atoms with Crippen LogP contribution in [0, 0.1) is 0 Å². The molecule has 0 aliphatic rings. The van der Waals surface area contributed by atoms with Crippen LogP contribution in [0.5, 0.6) is 0 Å². The molecule has 1 aromatic carbocycles. The van der Waals surface area contributed by atoms with Gasteiger partial charge in [-0.3, -0.25) is 4.79 Å². The van der Waals surface area contributed by atoms with Gasteiger partial charge >= 0.3 is 5.97 Å². The Kier molecular flexibility index (Phi) is 4.32. The molecule has 0 saturated carbocycles. The molecule has 4 nitrogen and oxygen atoms in total. The summed E-state index contributed by atoms with van der Waals surface area (Å²) in [5.74, 6) is -1.13. The van der Waals surface area contributed by atoms with Gasteiger partial charge in [-0.2, -0.15) is 0 Å². The number of carboxylic acids is 1. The fourth-order valence-electron chi connectivity index (χ4n) is 1.67. The van der Waals surface area contributed by atoms with Crippen LogP contribution < -0.4 is 4.90 Å². The van der Waals surface area contributed by atoms with E-state index in [2.05, 4.69) is 0 Å². The monoisotopic (exact) mass is 287 g/mol. The van der Waals surface area contributed by atoms with Crippen molar-refractivity contribution < 1.29 is 14.7 Å². The average molecular weight is 287 g/mol. The van der Waals surface area contributed by atoms with E-state index in [1.807, 2.05) is 30.3 Å². The Labute approximate surface area is 120 Å².